The van der Waals surface area contributed by atoms with Gasteiger partial charge in [0.05, 0.1) is 0 Å². The van der Waals surface area contributed by atoms with E-state index in [9.17, 15) is 0 Å². The molecule has 0 saturated carbocycles. The summed E-state index contributed by atoms with van der Waals surface area (Å²) in [7, 11) is 0. The summed E-state index contributed by atoms with van der Waals surface area (Å²) in [5, 5.41) is 7.73. The van der Waals surface area contributed by atoms with Crippen molar-refractivity contribution in [3.63, 3.8) is 0 Å². The molecule has 0 aliphatic carbocycles. The van der Waals surface area contributed by atoms with Crippen LogP contribution in [0.1, 0.15) is 2.85 Å². The molecule has 0 heterocycles. The summed E-state index contributed by atoms with van der Waals surface area (Å²) in [5.41, 5.74) is 0. The van der Waals surface area contributed by atoms with Gasteiger partial charge in [-0.05, 0) is 0 Å². The SMILES string of the molecule is NO[N+](=O)[O-].[H-].[H-].[Mg+2]. The zero-order valence-corrected chi connectivity index (χ0v) is 4.37. The second kappa shape index (κ2) is 4.93. The van der Waals surface area contributed by atoms with Crippen molar-refractivity contribution in [3.05, 3.63) is 10.1 Å². The summed E-state index contributed by atoms with van der Waals surface area (Å²) in [6.45, 7) is 0. The third-order valence-electron chi connectivity index (χ3n) is 0.0861. The molecule has 0 aromatic carbocycles. The van der Waals surface area contributed by atoms with Gasteiger partial charge in [-0.15, -0.1) is 10.1 Å². The van der Waals surface area contributed by atoms with Crippen LogP contribution in [0.25, 0.3) is 0 Å². The van der Waals surface area contributed by atoms with Crippen molar-refractivity contribution in [2.24, 2.45) is 5.90 Å². The molecular weight excluding hydrogens is 100 g/mol. The van der Waals surface area contributed by atoms with Gasteiger partial charge in [-0.1, -0.05) is 0 Å². The third-order valence-corrected chi connectivity index (χ3v) is 0.0861. The Morgan fingerprint density at radius 1 is 2.00 bits per heavy atom. The number of nitrogens with zero attached hydrogens (tertiary/aromatic N) is 1. The monoisotopic (exact) mass is 104 g/mol. The van der Waals surface area contributed by atoms with Gasteiger partial charge in [0.15, 0.2) is 0 Å². The Bertz CT molecular complexity index is 50.5. The van der Waals surface area contributed by atoms with Gasteiger partial charge in [0.1, 0.15) is 0 Å². The van der Waals surface area contributed by atoms with Crippen molar-refractivity contribution >= 4 is 23.1 Å². The molecule has 0 atom stereocenters. The number of hydrogen-bond donors (Lipinski definition) is 1. The molecule has 0 aliphatic rings. The van der Waals surface area contributed by atoms with Crippen LogP contribution in [0.5, 0.6) is 0 Å². The van der Waals surface area contributed by atoms with Crippen molar-refractivity contribution in [1.82, 2.24) is 0 Å². The van der Waals surface area contributed by atoms with E-state index >= 15 is 0 Å². The van der Waals surface area contributed by atoms with Gasteiger partial charge in [-0.3, -0.25) is 0 Å². The van der Waals surface area contributed by atoms with Gasteiger partial charge in [0, 0.05) is 0 Å². The molecule has 0 radical (unpaired) electrons. The molecule has 0 bridgehead atoms. The van der Waals surface area contributed by atoms with Crippen LogP contribution in [-0.4, -0.2) is 28.1 Å². The Hall–Kier alpha value is -0.0738. The zero-order valence-electron chi connectivity index (χ0n) is 4.96. The third kappa shape index (κ3) is 9.06. The molecule has 0 aromatic rings. The van der Waals surface area contributed by atoms with Crippen LogP contribution in [0.4, 0.5) is 0 Å². The molecule has 0 amide bonds. The predicted molar refractivity (Wildman–Crippen MR) is 20.2 cm³/mol. The summed E-state index contributed by atoms with van der Waals surface area (Å²) in [5.74, 6) is 3.97. The summed E-state index contributed by atoms with van der Waals surface area (Å²) in [6.07, 6.45) is 0. The van der Waals surface area contributed by atoms with E-state index in [1.54, 1.807) is 0 Å². The minimum absolute atomic E-state index is 0. The molecule has 5 nitrogen and oxygen atoms in total. The Labute approximate surface area is 52.6 Å². The van der Waals surface area contributed by atoms with E-state index in [1.807, 2.05) is 0 Å². The van der Waals surface area contributed by atoms with Crippen molar-refractivity contribution < 1.29 is 12.9 Å². The summed E-state index contributed by atoms with van der Waals surface area (Å²) >= 11 is 0. The van der Waals surface area contributed by atoms with Crippen LogP contribution in [0.15, 0.2) is 0 Å². The molecule has 34 valence electrons. The number of rotatable bonds is 1. The van der Waals surface area contributed by atoms with Gasteiger partial charge in [-0.2, -0.15) is 5.90 Å². The number of hydrogen-bond acceptors (Lipinski definition) is 4. The maximum Gasteiger partial charge on any atom is 2.00 e. The molecule has 0 aromatic heterocycles. The predicted octanol–water partition coefficient (Wildman–Crippen LogP) is -1.09. The second-order valence-electron chi connectivity index (χ2n) is 0.329. The van der Waals surface area contributed by atoms with E-state index in [-0.39, 0.29) is 25.9 Å². The Morgan fingerprint density at radius 2 is 2.17 bits per heavy atom. The second-order valence-corrected chi connectivity index (χ2v) is 0.329. The molecular formula is H4MgN2O3. The Morgan fingerprint density at radius 3 is 2.17 bits per heavy atom. The molecule has 0 fully saturated rings. The van der Waals surface area contributed by atoms with Crippen LogP contribution >= 0.6 is 0 Å². The van der Waals surface area contributed by atoms with E-state index in [0.717, 1.165) is 0 Å². The van der Waals surface area contributed by atoms with Crippen LogP contribution in [-0.2, 0) is 4.94 Å². The molecule has 6 heavy (non-hydrogen) atoms. The molecule has 0 rings (SSSR count). The molecule has 0 spiro atoms. The molecule has 6 heteroatoms. The Balaban J connectivity index is -0.0000000267. The average Bonchev–Trinajstić information content (AvgIpc) is 1.38. The summed E-state index contributed by atoms with van der Waals surface area (Å²) in [6, 6.07) is 0. The van der Waals surface area contributed by atoms with Crippen molar-refractivity contribution in [1.29, 1.82) is 0 Å². The van der Waals surface area contributed by atoms with Gasteiger partial charge in [-0.25, -0.2) is 4.94 Å². The fourth-order valence-electron chi connectivity index (χ4n) is 0. The van der Waals surface area contributed by atoms with E-state index in [4.69, 9.17) is 10.1 Å². The molecule has 0 aliphatic heterocycles. The van der Waals surface area contributed by atoms with Gasteiger partial charge >= 0.3 is 28.1 Å². The van der Waals surface area contributed by atoms with Gasteiger partial charge < -0.3 is 2.85 Å². The summed E-state index contributed by atoms with van der Waals surface area (Å²) in [4.78, 5) is 11.8. The van der Waals surface area contributed by atoms with E-state index in [1.165, 1.54) is 0 Å². The first-order valence-electron chi connectivity index (χ1n) is 0.783. The zero-order chi connectivity index (χ0) is 4.28. The minimum atomic E-state index is -1.10. The van der Waals surface area contributed by atoms with Crippen molar-refractivity contribution in [2.75, 3.05) is 0 Å². The van der Waals surface area contributed by atoms with Gasteiger partial charge in [0.25, 0.3) is 0 Å². The summed E-state index contributed by atoms with van der Waals surface area (Å²) < 4.78 is 0. The Kier molecular flexibility index (Phi) is 7.66. The van der Waals surface area contributed by atoms with E-state index in [0.29, 0.717) is 0 Å². The van der Waals surface area contributed by atoms with Crippen LogP contribution in [0.2, 0.25) is 0 Å². The largest absolute Gasteiger partial charge is 2.00 e. The first-order chi connectivity index (χ1) is 2.27. The van der Waals surface area contributed by atoms with Crippen LogP contribution in [0, 0.1) is 10.1 Å². The normalized spacial score (nSPS) is 5.50. The standard InChI is InChI=1S/Mg.H2N2O3.2H/c;1-5-2(3)4;;/h;1H2;;/q+2;;2*-1. The molecule has 0 unspecified atom stereocenters. The van der Waals surface area contributed by atoms with Crippen LogP contribution in [0.3, 0.4) is 0 Å². The van der Waals surface area contributed by atoms with Crippen molar-refractivity contribution in [2.45, 2.75) is 0 Å². The molecule has 2 N–H and O–H groups in total. The quantitative estimate of drug-likeness (QED) is 0.260. The first kappa shape index (κ1) is 9.33. The van der Waals surface area contributed by atoms with Gasteiger partial charge in [0.2, 0.25) is 0 Å². The maximum absolute atomic E-state index is 8.83. The maximum atomic E-state index is 8.83. The first-order valence-corrected chi connectivity index (χ1v) is 0.783. The average molecular weight is 104 g/mol. The van der Waals surface area contributed by atoms with E-state index in [2.05, 4.69) is 10.8 Å². The number of nitrogens with two attached hydrogens (primary N) is 1. The molecule has 0 saturated heterocycles. The van der Waals surface area contributed by atoms with Crippen molar-refractivity contribution in [3.8, 4) is 0 Å². The van der Waals surface area contributed by atoms with E-state index < -0.39 is 5.09 Å². The topological polar surface area (TPSA) is 78.4 Å². The van der Waals surface area contributed by atoms with Crippen LogP contribution < -0.4 is 5.90 Å². The fourth-order valence-corrected chi connectivity index (χ4v) is 0. The smallest absolute Gasteiger partial charge is 1.00 e. The minimum Gasteiger partial charge on any atom is -1.00 e. The fraction of sp³-hybridized carbons (Fsp3) is 0.